The second kappa shape index (κ2) is 5.63. The van der Waals surface area contributed by atoms with E-state index in [0.29, 0.717) is 5.95 Å². The van der Waals surface area contributed by atoms with Crippen LogP contribution in [0.25, 0.3) is 0 Å². The van der Waals surface area contributed by atoms with Crippen molar-refractivity contribution in [3.05, 3.63) is 71.0 Å². The molecule has 3 aromatic rings. The fraction of sp³-hybridized carbons (Fsp3) is 0.222. The van der Waals surface area contributed by atoms with Crippen molar-refractivity contribution in [2.24, 2.45) is 0 Å². The Labute approximate surface area is 139 Å². The summed E-state index contributed by atoms with van der Waals surface area (Å²) in [6, 6.07) is 14.9. The van der Waals surface area contributed by atoms with Crippen LogP contribution in [0.3, 0.4) is 0 Å². The van der Waals surface area contributed by atoms with Gasteiger partial charge in [-0.15, -0.1) is 5.10 Å². The van der Waals surface area contributed by atoms with Gasteiger partial charge < -0.3 is 11.1 Å². The second-order valence-electron chi connectivity index (χ2n) is 6.09. The third-order valence-electron chi connectivity index (χ3n) is 4.52. The first-order chi connectivity index (χ1) is 11.6. The summed E-state index contributed by atoms with van der Waals surface area (Å²) in [5, 5.41) is 7.71. The number of anilines is 2. The number of aromatic nitrogens is 3. The first kappa shape index (κ1) is 14.7. The van der Waals surface area contributed by atoms with Crippen LogP contribution in [0.2, 0.25) is 0 Å². The maximum atomic E-state index is 13.2. The molecule has 122 valence electrons. The molecule has 0 radical (unpaired) electrons. The first-order valence-corrected chi connectivity index (χ1v) is 7.91. The zero-order valence-corrected chi connectivity index (χ0v) is 13.3. The van der Waals surface area contributed by atoms with E-state index >= 15 is 0 Å². The van der Waals surface area contributed by atoms with E-state index < -0.39 is 0 Å². The van der Waals surface area contributed by atoms with Crippen LogP contribution in [0.1, 0.15) is 35.2 Å². The number of benzene rings is 2. The van der Waals surface area contributed by atoms with Gasteiger partial charge in [0.05, 0.1) is 12.1 Å². The Bertz CT molecular complexity index is 871. The first-order valence-electron chi connectivity index (χ1n) is 7.91. The summed E-state index contributed by atoms with van der Waals surface area (Å²) in [4.78, 5) is 4.29. The molecule has 1 aliphatic heterocycles. The van der Waals surface area contributed by atoms with Crippen LogP contribution in [0.4, 0.5) is 16.3 Å². The molecule has 4 rings (SSSR count). The van der Waals surface area contributed by atoms with E-state index in [0.717, 1.165) is 12.0 Å². The lowest BCUT2D eigenvalue weighted by Crippen LogP contribution is -2.28. The molecule has 2 atom stereocenters. The maximum absolute atomic E-state index is 13.2. The van der Waals surface area contributed by atoms with Gasteiger partial charge in [0.15, 0.2) is 0 Å². The van der Waals surface area contributed by atoms with Gasteiger partial charge >= 0.3 is 0 Å². The van der Waals surface area contributed by atoms with Gasteiger partial charge in [-0.05, 0) is 42.2 Å². The number of nitrogens with zero attached hydrogens (tertiary/aromatic N) is 3. The number of nitrogen functional groups attached to an aromatic ring is 1. The highest BCUT2D eigenvalue weighted by Crippen LogP contribution is 2.38. The van der Waals surface area contributed by atoms with Crippen molar-refractivity contribution in [2.75, 3.05) is 11.1 Å². The van der Waals surface area contributed by atoms with Gasteiger partial charge in [-0.2, -0.15) is 4.98 Å². The Morgan fingerprint density at radius 2 is 1.92 bits per heavy atom. The minimum atomic E-state index is -0.238. The van der Waals surface area contributed by atoms with Gasteiger partial charge in [0.2, 0.25) is 11.9 Å². The average Bonchev–Trinajstić information content (AvgIpc) is 2.95. The molecule has 0 bridgehead atoms. The number of halogens is 1. The molecule has 0 unspecified atom stereocenters. The van der Waals surface area contributed by atoms with Crippen LogP contribution in [0.15, 0.2) is 48.5 Å². The monoisotopic (exact) mass is 323 g/mol. The van der Waals surface area contributed by atoms with Gasteiger partial charge in [-0.3, -0.25) is 0 Å². The SMILES string of the molecule is Cc1ccccc1[C@H]1C[C@H](c2ccc(F)cc2)Nc2nc(N)nn21. The maximum Gasteiger partial charge on any atom is 0.241 e. The van der Waals surface area contributed by atoms with Gasteiger partial charge in [0, 0.05) is 0 Å². The molecule has 0 spiro atoms. The van der Waals surface area contributed by atoms with Crippen LogP contribution in [-0.4, -0.2) is 14.8 Å². The summed E-state index contributed by atoms with van der Waals surface area (Å²) in [5.41, 5.74) is 9.21. The number of hydrogen-bond acceptors (Lipinski definition) is 4. The van der Waals surface area contributed by atoms with Gasteiger partial charge in [0.1, 0.15) is 5.82 Å². The minimum Gasteiger partial charge on any atom is -0.366 e. The molecule has 0 aliphatic carbocycles. The average molecular weight is 323 g/mol. The lowest BCUT2D eigenvalue weighted by molar-refractivity contribution is 0.430. The van der Waals surface area contributed by atoms with E-state index in [1.165, 1.54) is 23.3 Å². The lowest BCUT2D eigenvalue weighted by atomic mass is 9.91. The standard InChI is InChI=1S/C18H18FN5/c1-11-4-2-3-5-14(11)16-10-15(12-6-8-13(19)9-7-12)21-18-22-17(20)23-24(16)18/h2-9,15-16H,10H2,1H3,(H3,20,21,22,23)/t15-,16-/m1/s1. The highest BCUT2D eigenvalue weighted by Gasteiger charge is 2.31. The van der Waals surface area contributed by atoms with Crippen molar-refractivity contribution in [1.82, 2.24) is 14.8 Å². The predicted octanol–water partition coefficient (Wildman–Crippen LogP) is 3.45. The fourth-order valence-corrected chi connectivity index (χ4v) is 3.33. The van der Waals surface area contributed by atoms with E-state index in [-0.39, 0.29) is 23.8 Å². The van der Waals surface area contributed by atoms with Crippen molar-refractivity contribution < 1.29 is 4.39 Å². The van der Waals surface area contributed by atoms with Gasteiger partial charge in [-0.1, -0.05) is 36.4 Å². The molecule has 2 aromatic carbocycles. The number of nitrogens with one attached hydrogen (secondary N) is 1. The molecule has 0 saturated carbocycles. The zero-order valence-electron chi connectivity index (χ0n) is 13.3. The van der Waals surface area contributed by atoms with E-state index in [9.17, 15) is 4.39 Å². The van der Waals surface area contributed by atoms with Crippen LogP contribution < -0.4 is 11.1 Å². The van der Waals surface area contributed by atoms with E-state index in [1.807, 2.05) is 16.8 Å². The molecule has 0 amide bonds. The van der Waals surface area contributed by atoms with Crippen LogP contribution in [0.5, 0.6) is 0 Å². The highest BCUT2D eigenvalue weighted by molar-refractivity contribution is 5.42. The molecular weight excluding hydrogens is 305 g/mol. The normalized spacial score (nSPS) is 19.6. The van der Waals surface area contributed by atoms with Gasteiger partial charge in [-0.25, -0.2) is 9.07 Å². The quantitative estimate of drug-likeness (QED) is 0.758. The summed E-state index contributed by atoms with van der Waals surface area (Å²) < 4.78 is 15.1. The third-order valence-corrected chi connectivity index (χ3v) is 4.52. The molecule has 1 aliphatic rings. The van der Waals surface area contributed by atoms with Crippen molar-refractivity contribution in [1.29, 1.82) is 0 Å². The number of nitrogens with two attached hydrogens (primary N) is 1. The smallest absolute Gasteiger partial charge is 0.241 e. The number of aryl methyl sites for hydroxylation is 1. The number of rotatable bonds is 2. The fourth-order valence-electron chi connectivity index (χ4n) is 3.33. The number of fused-ring (bicyclic) bond motifs is 1. The lowest BCUT2D eigenvalue weighted by Gasteiger charge is -2.32. The Balaban J connectivity index is 1.78. The third kappa shape index (κ3) is 2.50. The molecule has 0 fully saturated rings. The van der Waals surface area contributed by atoms with E-state index in [1.54, 1.807) is 12.1 Å². The highest BCUT2D eigenvalue weighted by atomic mass is 19.1. The molecule has 3 N–H and O–H groups in total. The van der Waals surface area contributed by atoms with Crippen molar-refractivity contribution >= 4 is 11.9 Å². The topological polar surface area (TPSA) is 68.8 Å². The summed E-state index contributed by atoms with van der Waals surface area (Å²) in [5.74, 6) is 0.648. The Morgan fingerprint density at radius 3 is 2.67 bits per heavy atom. The predicted molar refractivity (Wildman–Crippen MR) is 91.1 cm³/mol. The van der Waals surface area contributed by atoms with Crippen molar-refractivity contribution in [3.8, 4) is 0 Å². The minimum absolute atomic E-state index is 0.0197. The van der Waals surface area contributed by atoms with Crippen molar-refractivity contribution in [2.45, 2.75) is 25.4 Å². The van der Waals surface area contributed by atoms with E-state index in [2.05, 4.69) is 34.5 Å². The van der Waals surface area contributed by atoms with E-state index in [4.69, 9.17) is 5.73 Å². The Kier molecular flexibility index (Phi) is 3.45. The molecule has 2 heterocycles. The molecule has 6 heteroatoms. The van der Waals surface area contributed by atoms with Crippen LogP contribution >= 0.6 is 0 Å². The molecular formula is C18H18FN5. The second-order valence-corrected chi connectivity index (χ2v) is 6.09. The zero-order chi connectivity index (χ0) is 16.7. The van der Waals surface area contributed by atoms with Crippen molar-refractivity contribution in [3.63, 3.8) is 0 Å². The summed E-state index contributed by atoms with van der Waals surface area (Å²) in [7, 11) is 0. The van der Waals surface area contributed by atoms with Crippen LogP contribution in [-0.2, 0) is 0 Å². The van der Waals surface area contributed by atoms with Gasteiger partial charge in [0.25, 0.3) is 0 Å². The molecule has 5 nitrogen and oxygen atoms in total. The molecule has 0 saturated heterocycles. The number of hydrogen-bond donors (Lipinski definition) is 2. The summed E-state index contributed by atoms with van der Waals surface area (Å²) in [6.07, 6.45) is 0.784. The van der Waals surface area contributed by atoms with Crippen LogP contribution in [0, 0.1) is 12.7 Å². The summed E-state index contributed by atoms with van der Waals surface area (Å²) >= 11 is 0. The largest absolute Gasteiger partial charge is 0.366 e. The molecule has 24 heavy (non-hydrogen) atoms. The Morgan fingerprint density at radius 1 is 1.17 bits per heavy atom. The summed E-state index contributed by atoms with van der Waals surface area (Å²) in [6.45, 7) is 2.09. The Hall–Kier alpha value is -2.89. The molecule has 1 aromatic heterocycles.